The SMILES string of the molecule is O=C(NC[C@H]1CCCO1)c1cc(-c2ccc(F)cc2)c[nH]1. The molecule has 1 saturated heterocycles. The first kappa shape index (κ1) is 13.8. The number of halogens is 1. The second kappa shape index (κ2) is 6.10. The standard InChI is InChI=1S/C16H17FN2O2/c17-13-5-3-11(4-6-13)12-8-15(18-9-12)16(20)19-10-14-2-1-7-21-14/h3-6,8-9,14,18H,1-2,7,10H2,(H,19,20)/t14-/m1/s1. The zero-order valence-electron chi connectivity index (χ0n) is 11.6. The van der Waals surface area contributed by atoms with Crippen LogP contribution in [-0.2, 0) is 4.74 Å². The van der Waals surface area contributed by atoms with Gasteiger partial charge < -0.3 is 15.0 Å². The van der Waals surface area contributed by atoms with Gasteiger partial charge in [0, 0.05) is 19.3 Å². The van der Waals surface area contributed by atoms with Gasteiger partial charge in [-0.2, -0.15) is 0 Å². The maximum Gasteiger partial charge on any atom is 0.267 e. The van der Waals surface area contributed by atoms with E-state index in [1.54, 1.807) is 24.4 Å². The predicted octanol–water partition coefficient (Wildman–Crippen LogP) is 2.73. The van der Waals surface area contributed by atoms with Crippen LogP contribution >= 0.6 is 0 Å². The van der Waals surface area contributed by atoms with Gasteiger partial charge in [0.1, 0.15) is 11.5 Å². The van der Waals surface area contributed by atoms with Crippen molar-refractivity contribution in [2.45, 2.75) is 18.9 Å². The van der Waals surface area contributed by atoms with Gasteiger partial charge in [0.25, 0.3) is 5.91 Å². The largest absolute Gasteiger partial charge is 0.376 e. The Hall–Kier alpha value is -2.14. The first-order chi connectivity index (χ1) is 10.2. The highest BCUT2D eigenvalue weighted by Crippen LogP contribution is 2.20. The summed E-state index contributed by atoms with van der Waals surface area (Å²) in [6.07, 6.45) is 3.91. The highest BCUT2D eigenvalue weighted by molar-refractivity contribution is 5.93. The van der Waals surface area contributed by atoms with E-state index >= 15 is 0 Å². The normalized spacial score (nSPS) is 17.9. The fourth-order valence-corrected chi connectivity index (χ4v) is 2.44. The van der Waals surface area contributed by atoms with Gasteiger partial charge in [0.15, 0.2) is 0 Å². The molecule has 5 heteroatoms. The minimum absolute atomic E-state index is 0.125. The molecule has 2 N–H and O–H groups in total. The molecule has 1 aromatic heterocycles. The first-order valence-electron chi connectivity index (χ1n) is 7.06. The molecule has 2 aromatic rings. The molecule has 0 spiro atoms. The molecule has 0 radical (unpaired) electrons. The van der Waals surface area contributed by atoms with Crippen LogP contribution in [0.4, 0.5) is 4.39 Å². The van der Waals surface area contributed by atoms with Crippen molar-refractivity contribution in [2.24, 2.45) is 0 Å². The fraction of sp³-hybridized carbons (Fsp3) is 0.312. The monoisotopic (exact) mass is 288 g/mol. The summed E-state index contributed by atoms with van der Waals surface area (Å²) in [7, 11) is 0. The summed E-state index contributed by atoms with van der Waals surface area (Å²) in [6, 6.07) is 7.94. The number of aromatic amines is 1. The number of aromatic nitrogens is 1. The van der Waals surface area contributed by atoms with E-state index < -0.39 is 0 Å². The van der Waals surface area contributed by atoms with E-state index in [0.717, 1.165) is 30.6 Å². The lowest BCUT2D eigenvalue weighted by molar-refractivity contribution is 0.0854. The Balaban J connectivity index is 1.63. The van der Waals surface area contributed by atoms with Gasteiger partial charge in [0.05, 0.1) is 6.10 Å². The van der Waals surface area contributed by atoms with E-state index in [4.69, 9.17) is 4.74 Å². The zero-order chi connectivity index (χ0) is 14.7. The number of amides is 1. The van der Waals surface area contributed by atoms with E-state index in [9.17, 15) is 9.18 Å². The van der Waals surface area contributed by atoms with Crippen LogP contribution < -0.4 is 5.32 Å². The van der Waals surface area contributed by atoms with Crippen LogP contribution in [0.25, 0.3) is 11.1 Å². The van der Waals surface area contributed by atoms with Crippen LogP contribution in [0.15, 0.2) is 36.5 Å². The van der Waals surface area contributed by atoms with E-state index in [0.29, 0.717) is 12.2 Å². The quantitative estimate of drug-likeness (QED) is 0.909. The fourth-order valence-electron chi connectivity index (χ4n) is 2.44. The lowest BCUT2D eigenvalue weighted by Crippen LogP contribution is -2.31. The molecule has 0 bridgehead atoms. The van der Waals surface area contributed by atoms with E-state index in [1.165, 1.54) is 12.1 Å². The average molecular weight is 288 g/mol. The smallest absolute Gasteiger partial charge is 0.267 e. The molecule has 4 nitrogen and oxygen atoms in total. The third-order valence-corrected chi connectivity index (χ3v) is 3.62. The summed E-state index contributed by atoms with van der Waals surface area (Å²) in [5.74, 6) is -0.428. The molecule has 0 saturated carbocycles. The summed E-state index contributed by atoms with van der Waals surface area (Å²) in [5, 5.41) is 2.86. The molecule has 0 unspecified atom stereocenters. The number of carbonyl (C=O) groups excluding carboxylic acids is 1. The Morgan fingerprint density at radius 1 is 1.33 bits per heavy atom. The number of ether oxygens (including phenoxy) is 1. The van der Waals surface area contributed by atoms with Crippen molar-refractivity contribution in [2.75, 3.05) is 13.2 Å². The molecule has 1 fully saturated rings. The highest BCUT2D eigenvalue weighted by atomic mass is 19.1. The molecular formula is C16H17FN2O2. The van der Waals surface area contributed by atoms with Gasteiger partial charge in [0.2, 0.25) is 0 Å². The van der Waals surface area contributed by atoms with Crippen LogP contribution in [0.3, 0.4) is 0 Å². The molecule has 1 aliphatic heterocycles. The predicted molar refractivity (Wildman–Crippen MR) is 77.5 cm³/mol. The van der Waals surface area contributed by atoms with Gasteiger partial charge in [-0.05, 0) is 42.2 Å². The number of nitrogens with one attached hydrogen (secondary N) is 2. The Labute approximate surface area is 122 Å². The maximum atomic E-state index is 12.9. The van der Waals surface area contributed by atoms with E-state index in [-0.39, 0.29) is 17.8 Å². The zero-order valence-corrected chi connectivity index (χ0v) is 11.6. The van der Waals surface area contributed by atoms with Crippen LogP contribution in [0.5, 0.6) is 0 Å². The topological polar surface area (TPSA) is 54.1 Å². The molecule has 1 aliphatic rings. The van der Waals surface area contributed by atoms with Crippen LogP contribution in [0.1, 0.15) is 23.3 Å². The van der Waals surface area contributed by atoms with Crippen molar-refractivity contribution < 1.29 is 13.9 Å². The van der Waals surface area contributed by atoms with Gasteiger partial charge in [-0.1, -0.05) is 12.1 Å². The van der Waals surface area contributed by atoms with Crippen LogP contribution in [0.2, 0.25) is 0 Å². The molecule has 1 amide bonds. The van der Waals surface area contributed by atoms with Crippen LogP contribution in [-0.4, -0.2) is 30.1 Å². The highest BCUT2D eigenvalue weighted by Gasteiger charge is 2.17. The molecule has 110 valence electrons. The summed E-state index contributed by atoms with van der Waals surface area (Å²) >= 11 is 0. The Morgan fingerprint density at radius 2 is 2.14 bits per heavy atom. The average Bonchev–Trinajstić information content (AvgIpc) is 3.17. The summed E-state index contributed by atoms with van der Waals surface area (Å²) in [6.45, 7) is 1.31. The molecular weight excluding hydrogens is 271 g/mol. The van der Waals surface area contributed by atoms with Crippen molar-refractivity contribution in [1.29, 1.82) is 0 Å². The van der Waals surface area contributed by atoms with Crippen LogP contribution in [0, 0.1) is 5.82 Å². The minimum Gasteiger partial charge on any atom is -0.376 e. The molecule has 0 aliphatic carbocycles. The third-order valence-electron chi connectivity index (χ3n) is 3.62. The number of benzene rings is 1. The van der Waals surface area contributed by atoms with Gasteiger partial charge in [-0.15, -0.1) is 0 Å². The third kappa shape index (κ3) is 3.31. The van der Waals surface area contributed by atoms with Crippen molar-refractivity contribution in [3.05, 3.63) is 48.0 Å². The summed E-state index contributed by atoms with van der Waals surface area (Å²) in [4.78, 5) is 15.0. The van der Waals surface area contributed by atoms with Gasteiger partial charge in [-0.25, -0.2) is 4.39 Å². The molecule has 3 rings (SSSR count). The molecule has 1 atom stereocenters. The second-order valence-electron chi connectivity index (χ2n) is 5.15. The van der Waals surface area contributed by atoms with E-state index in [1.807, 2.05) is 0 Å². The molecule has 21 heavy (non-hydrogen) atoms. The Kier molecular flexibility index (Phi) is 4.01. The van der Waals surface area contributed by atoms with E-state index in [2.05, 4.69) is 10.3 Å². The lowest BCUT2D eigenvalue weighted by Gasteiger charge is -2.09. The van der Waals surface area contributed by atoms with Crippen molar-refractivity contribution in [3.63, 3.8) is 0 Å². The lowest BCUT2D eigenvalue weighted by atomic mass is 10.1. The number of hydrogen-bond acceptors (Lipinski definition) is 2. The Bertz CT molecular complexity index is 615. The number of carbonyl (C=O) groups is 1. The van der Waals surface area contributed by atoms with Gasteiger partial charge in [-0.3, -0.25) is 4.79 Å². The Morgan fingerprint density at radius 3 is 2.86 bits per heavy atom. The van der Waals surface area contributed by atoms with Crippen molar-refractivity contribution in [1.82, 2.24) is 10.3 Å². The molecule has 1 aromatic carbocycles. The van der Waals surface area contributed by atoms with Crippen molar-refractivity contribution >= 4 is 5.91 Å². The summed E-state index contributed by atoms with van der Waals surface area (Å²) < 4.78 is 18.4. The second-order valence-corrected chi connectivity index (χ2v) is 5.15. The number of rotatable bonds is 4. The summed E-state index contributed by atoms with van der Waals surface area (Å²) in [5.41, 5.74) is 2.22. The van der Waals surface area contributed by atoms with Gasteiger partial charge >= 0.3 is 0 Å². The van der Waals surface area contributed by atoms with Crippen molar-refractivity contribution in [3.8, 4) is 11.1 Å². The molecule has 2 heterocycles. The first-order valence-corrected chi connectivity index (χ1v) is 7.06. The number of H-pyrrole nitrogens is 1. The number of hydrogen-bond donors (Lipinski definition) is 2. The minimum atomic E-state index is -0.274. The maximum absolute atomic E-state index is 12.9.